The number of ether oxygens (including phenoxy) is 1. The molecule has 116 valence electrons. The van der Waals surface area contributed by atoms with Crippen molar-refractivity contribution >= 4 is 16.6 Å². The minimum Gasteiger partial charge on any atom is -0.507 e. The molecule has 0 aromatic heterocycles. The number of carbonyl (C=O) groups excluding carboxylic acids is 1. The molecule has 5 heteroatoms. The predicted octanol–water partition coefficient (Wildman–Crippen LogP) is 3.01. The lowest BCUT2D eigenvalue weighted by Gasteiger charge is -2.08. The lowest BCUT2D eigenvalue weighted by molar-refractivity contribution is 0.102. The van der Waals surface area contributed by atoms with Crippen molar-refractivity contribution in [2.75, 3.05) is 12.9 Å². The summed E-state index contributed by atoms with van der Waals surface area (Å²) in [4.78, 5) is 12.9. The van der Waals surface area contributed by atoms with Crippen LogP contribution < -0.4 is 4.74 Å². The number of phenols is 1. The van der Waals surface area contributed by atoms with E-state index in [1.165, 1.54) is 0 Å². The molecule has 0 radical (unpaired) electrons. The van der Waals surface area contributed by atoms with Crippen LogP contribution in [0.3, 0.4) is 0 Å². The Morgan fingerprint density at radius 3 is 2.18 bits per heavy atom. The summed E-state index contributed by atoms with van der Waals surface area (Å²) < 4.78 is 17.3. The zero-order valence-corrected chi connectivity index (χ0v) is 13.6. The van der Waals surface area contributed by atoms with E-state index in [0.29, 0.717) is 27.3 Å². The van der Waals surface area contributed by atoms with Gasteiger partial charge in [0.2, 0.25) is 0 Å². The van der Waals surface area contributed by atoms with Crippen molar-refractivity contribution in [3.63, 3.8) is 0 Å². The Morgan fingerprint density at radius 2 is 1.68 bits per heavy atom. The number of hydrogen-bond donors (Lipinski definition) is 1. The number of hydrogen-bond acceptors (Lipinski definition) is 4. The van der Waals surface area contributed by atoms with Crippen molar-refractivity contribution in [1.29, 1.82) is 0 Å². The van der Waals surface area contributed by atoms with Gasteiger partial charge in [-0.1, -0.05) is 0 Å². The summed E-state index contributed by atoms with van der Waals surface area (Å²) in [6, 6.07) is 10.1. The first kappa shape index (κ1) is 16.2. The van der Waals surface area contributed by atoms with Crippen molar-refractivity contribution in [1.82, 2.24) is 0 Å². The van der Waals surface area contributed by atoms with E-state index in [2.05, 4.69) is 0 Å². The summed E-state index contributed by atoms with van der Waals surface area (Å²) in [5.74, 6) is 0.570. The number of rotatable bonds is 5. The van der Waals surface area contributed by atoms with Gasteiger partial charge in [0, 0.05) is 10.5 Å². The van der Waals surface area contributed by atoms with Gasteiger partial charge in [-0.2, -0.15) is 0 Å². The van der Waals surface area contributed by atoms with Gasteiger partial charge < -0.3 is 9.84 Å². The highest BCUT2D eigenvalue weighted by Gasteiger charge is 2.15. The summed E-state index contributed by atoms with van der Waals surface area (Å²) in [6.07, 6.45) is 0. The Bertz CT molecular complexity index is 697. The molecule has 2 aromatic carbocycles. The molecule has 0 saturated heterocycles. The average Bonchev–Trinajstić information content (AvgIpc) is 2.52. The first-order chi connectivity index (χ1) is 10.4. The summed E-state index contributed by atoms with van der Waals surface area (Å²) in [5, 5.41) is 9.74. The van der Waals surface area contributed by atoms with Crippen LogP contribution >= 0.6 is 0 Å². The molecule has 0 aliphatic rings. The molecule has 1 N–H and O–H groups in total. The maximum atomic E-state index is 12.3. The van der Waals surface area contributed by atoms with Gasteiger partial charge in [-0.25, -0.2) is 0 Å². The molecule has 0 saturated carbocycles. The smallest absolute Gasteiger partial charge is 0.175 e. The molecule has 0 unspecified atom stereocenters. The van der Waals surface area contributed by atoms with Gasteiger partial charge in [-0.05, 0) is 61.4 Å². The SMILES string of the molecule is COc1ccc([S@](=O)CC(=O)c2cc(C)c(O)c(C)c2)cc1. The number of carbonyl (C=O) groups is 1. The molecule has 4 nitrogen and oxygen atoms in total. The topological polar surface area (TPSA) is 63.6 Å². The molecule has 1 atom stereocenters. The third-order valence-corrected chi connectivity index (χ3v) is 4.72. The van der Waals surface area contributed by atoms with Crippen LogP contribution in [-0.2, 0) is 10.8 Å². The summed E-state index contributed by atoms with van der Waals surface area (Å²) in [5.41, 5.74) is 1.74. The van der Waals surface area contributed by atoms with Crippen LogP contribution in [0.1, 0.15) is 21.5 Å². The molecular formula is C17H18O4S. The van der Waals surface area contributed by atoms with E-state index in [9.17, 15) is 14.1 Å². The summed E-state index contributed by atoms with van der Waals surface area (Å²) >= 11 is 0. The first-order valence-electron chi connectivity index (χ1n) is 6.78. The van der Waals surface area contributed by atoms with Crippen molar-refractivity contribution in [3.05, 3.63) is 53.1 Å². The van der Waals surface area contributed by atoms with E-state index in [1.807, 2.05) is 0 Å². The largest absolute Gasteiger partial charge is 0.507 e. The number of Topliss-reactive ketones (excluding diaryl/α,β-unsaturated/α-hetero) is 1. The summed E-state index contributed by atoms with van der Waals surface area (Å²) in [7, 11) is 0.150. The second-order valence-corrected chi connectivity index (χ2v) is 6.50. The second-order valence-electron chi connectivity index (χ2n) is 5.05. The van der Waals surface area contributed by atoms with E-state index in [4.69, 9.17) is 4.74 Å². The minimum atomic E-state index is -1.41. The molecule has 2 rings (SSSR count). The molecule has 22 heavy (non-hydrogen) atoms. The van der Waals surface area contributed by atoms with Gasteiger partial charge in [0.1, 0.15) is 11.5 Å². The van der Waals surface area contributed by atoms with Crippen molar-refractivity contribution < 1.29 is 18.8 Å². The minimum absolute atomic E-state index is 0.0873. The molecule has 0 heterocycles. The van der Waals surface area contributed by atoms with E-state index in [1.54, 1.807) is 57.4 Å². The number of benzene rings is 2. The van der Waals surface area contributed by atoms with E-state index in [-0.39, 0.29) is 17.3 Å². The zero-order valence-electron chi connectivity index (χ0n) is 12.8. The number of aryl methyl sites for hydroxylation is 2. The highest BCUT2D eigenvalue weighted by atomic mass is 32.2. The van der Waals surface area contributed by atoms with Gasteiger partial charge in [0.15, 0.2) is 5.78 Å². The van der Waals surface area contributed by atoms with Crippen LogP contribution in [0.5, 0.6) is 11.5 Å². The zero-order chi connectivity index (χ0) is 16.3. The lowest BCUT2D eigenvalue weighted by atomic mass is 10.0. The third kappa shape index (κ3) is 3.54. The van der Waals surface area contributed by atoms with Crippen LogP contribution in [0.2, 0.25) is 0 Å². The standard InChI is InChI=1S/C17H18O4S/c1-11-8-13(9-12(2)17(11)19)16(18)10-22(20)15-6-4-14(21-3)5-7-15/h4-9,19H,10H2,1-3H3/t22-/m1/s1. The fraction of sp³-hybridized carbons (Fsp3) is 0.235. The van der Waals surface area contributed by atoms with Crippen molar-refractivity contribution in [2.24, 2.45) is 0 Å². The Labute approximate surface area is 132 Å². The monoisotopic (exact) mass is 318 g/mol. The maximum absolute atomic E-state index is 12.3. The van der Waals surface area contributed by atoms with Crippen molar-refractivity contribution in [2.45, 2.75) is 18.7 Å². The van der Waals surface area contributed by atoms with Crippen LogP contribution in [0.4, 0.5) is 0 Å². The molecule has 0 amide bonds. The van der Waals surface area contributed by atoms with Gasteiger partial charge in [0.05, 0.1) is 23.7 Å². The average molecular weight is 318 g/mol. The van der Waals surface area contributed by atoms with Gasteiger partial charge in [-0.3, -0.25) is 9.00 Å². The highest BCUT2D eigenvalue weighted by molar-refractivity contribution is 7.85. The van der Waals surface area contributed by atoms with Gasteiger partial charge in [0.25, 0.3) is 0 Å². The highest BCUT2D eigenvalue weighted by Crippen LogP contribution is 2.23. The Balaban J connectivity index is 2.15. The normalized spacial score (nSPS) is 12.0. The lowest BCUT2D eigenvalue weighted by Crippen LogP contribution is -2.11. The Morgan fingerprint density at radius 1 is 1.14 bits per heavy atom. The molecular weight excluding hydrogens is 300 g/mol. The van der Waals surface area contributed by atoms with Crippen LogP contribution in [-0.4, -0.2) is 28.0 Å². The fourth-order valence-electron chi connectivity index (χ4n) is 2.13. The Hall–Kier alpha value is -2.14. The van der Waals surface area contributed by atoms with E-state index in [0.717, 1.165) is 0 Å². The maximum Gasteiger partial charge on any atom is 0.175 e. The predicted molar refractivity (Wildman–Crippen MR) is 86.2 cm³/mol. The first-order valence-corrected chi connectivity index (χ1v) is 8.10. The van der Waals surface area contributed by atoms with Crippen LogP contribution in [0, 0.1) is 13.8 Å². The number of phenolic OH excluding ortho intramolecular Hbond substituents is 1. The quantitative estimate of drug-likeness (QED) is 0.861. The molecule has 2 aromatic rings. The molecule has 0 aliphatic carbocycles. The molecule has 0 aliphatic heterocycles. The van der Waals surface area contributed by atoms with Gasteiger partial charge in [-0.15, -0.1) is 0 Å². The van der Waals surface area contributed by atoms with Crippen LogP contribution in [0.25, 0.3) is 0 Å². The number of aromatic hydroxyl groups is 1. The van der Waals surface area contributed by atoms with E-state index < -0.39 is 10.8 Å². The molecule has 0 spiro atoms. The second kappa shape index (κ2) is 6.75. The van der Waals surface area contributed by atoms with Gasteiger partial charge >= 0.3 is 0 Å². The van der Waals surface area contributed by atoms with Crippen molar-refractivity contribution in [3.8, 4) is 11.5 Å². The number of methoxy groups -OCH3 is 1. The van der Waals surface area contributed by atoms with E-state index >= 15 is 0 Å². The Kier molecular flexibility index (Phi) is 4.98. The summed E-state index contributed by atoms with van der Waals surface area (Å²) in [6.45, 7) is 3.47. The third-order valence-electron chi connectivity index (χ3n) is 3.40. The fourth-order valence-corrected chi connectivity index (χ4v) is 3.14. The van der Waals surface area contributed by atoms with Crippen LogP contribution in [0.15, 0.2) is 41.3 Å². The molecule has 0 bridgehead atoms. The molecule has 0 fully saturated rings. The number of ketones is 1.